The predicted molar refractivity (Wildman–Crippen MR) is 86.8 cm³/mol. The number of carbonyl (C=O) groups excluding carboxylic acids is 1. The molecule has 1 N–H and O–H groups in total. The number of hydrogen-bond acceptors (Lipinski definition) is 4. The Morgan fingerprint density at radius 2 is 1.78 bits per heavy atom. The third kappa shape index (κ3) is 2.82. The van der Waals surface area contributed by atoms with Crippen LogP contribution in [0.2, 0.25) is 0 Å². The number of nitrogens with zero attached hydrogens (tertiary/aromatic N) is 4. The Kier molecular flexibility index (Phi) is 3.97. The summed E-state index contributed by atoms with van der Waals surface area (Å²) < 4.78 is 0. The molecule has 122 valence electrons. The molecule has 0 aromatic carbocycles. The van der Waals surface area contributed by atoms with E-state index < -0.39 is 0 Å². The number of fused-ring (bicyclic) bond motifs is 1. The van der Waals surface area contributed by atoms with Crippen LogP contribution in [0, 0.1) is 5.92 Å². The number of aromatic amines is 1. The zero-order chi connectivity index (χ0) is 15.6. The van der Waals surface area contributed by atoms with Gasteiger partial charge in [0.25, 0.3) is 0 Å². The molecule has 2 aromatic heterocycles. The molecule has 1 amide bonds. The Bertz CT molecular complexity index is 683. The number of hydrogen-bond donors (Lipinski definition) is 1. The van der Waals surface area contributed by atoms with Crippen LogP contribution < -0.4 is 0 Å². The molecule has 1 saturated carbocycles. The molecular weight excluding hydrogens is 290 g/mol. The van der Waals surface area contributed by atoms with Crippen molar-refractivity contribution in [1.82, 2.24) is 25.1 Å². The summed E-state index contributed by atoms with van der Waals surface area (Å²) in [4.78, 5) is 23.4. The van der Waals surface area contributed by atoms with Crippen molar-refractivity contribution in [2.75, 3.05) is 13.1 Å². The minimum atomic E-state index is 0.277. The highest BCUT2D eigenvalue weighted by molar-refractivity contribution is 5.79. The lowest BCUT2D eigenvalue weighted by Gasteiger charge is -2.34. The Labute approximate surface area is 135 Å². The molecule has 3 heterocycles. The van der Waals surface area contributed by atoms with Crippen LogP contribution in [0.15, 0.2) is 12.4 Å². The molecule has 0 atom stereocenters. The molecule has 2 aliphatic rings. The predicted octanol–water partition coefficient (Wildman–Crippen LogP) is 2.64. The molecule has 0 unspecified atom stereocenters. The monoisotopic (exact) mass is 313 g/mol. The first-order valence-electron chi connectivity index (χ1n) is 8.76. The first-order chi connectivity index (χ1) is 11.3. The molecule has 1 aliphatic heterocycles. The minimum absolute atomic E-state index is 0.277. The van der Waals surface area contributed by atoms with Crippen molar-refractivity contribution in [2.24, 2.45) is 5.92 Å². The smallest absolute Gasteiger partial charge is 0.225 e. The number of nitrogens with one attached hydrogen (secondary N) is 1. The Balaban J connectivity index is 1.41. The van der Waals surface area contributed by atoms with E-state index in [9.17, 15) is 4.79 Å². The summed E-state index contributed by atoms with van der Waals surface area (Å²) in [5, 5.41) is 7.35. The molecule has 2 aromatic rings. The Morgan fingerprint density at radius 1 is 1.04 bits per heavy atom. The number of amides is 1. The van der Waals surface area contributed by atoms with Gasteiger partial charge in [-0.1, -0.05) is 19.3 Å². The summed E-state index contributed by atoms with van der Waals surface area (Å²) in [6.07, 6.45) is 11.2. The second-order valence-electron chi connectivity index (χ2n) is 6.80. The highest BCUT2D eigenvalue weighted by Crippen LogP contribution is 2.32. The van der Waals surface area contributed by atoms with Crippen molar-refractivity contribution < 1.29 is 4.79 Å². The van der Waals surface area contributed by atoms with Gasteiger partial charge in [-0.25, -0.2) is 9.97 Å². The zero-order valence-electron chi connectivity index (χ0n) is 13.4. The average molecular weight is 313 g/mol. The van der Waals surface area contributed by atoms with Crippen LogP contribution in [-0.2, 0) is 4.79 Å². The topological polar surface area (TPSA) is 74.8 Å². The summed E-state index contributed by atoms with van der Waals surface area (Å²) in [7, 11) is 0. The Morgan fingerprint density at radius 3 is 2.57 bits per heavy atom. The molecular formula is C17H23N5O. The third-order valence-corrected chi connectivity index (χ3v) is 5.39. The van der Waals surface area contributed by atoms with Gasteiger partial charge in [-0.2, -0.15) is 5.10 Å². The van der Waals surface area contributed by atoms with E-state index in [-0.39, 0.29) is 5.92 Å². The van der Waals surface area contributed by atoms with E-state index in [1.54, 1.807) is 12.4 Å². The lowest BCUT2D eigenvalue weighted by Crippen LogP contribution is -2.42. The summed E-state index contributed by atoms with van der Waals surface area (Å²) >= 11 is 0. The van der Waals surface area contributed by atoms with Crippen molar-refractivity contribution in [1.29, 1.82) is 0 Å². The van der Waals surface area contributed by atoms with Gasteiger partial charge >= 0.3 is 0 Å². The average Bonchev–Trinajstić information content (AvgIpc) is 3.06. The fraction of sp³-hybridized carbons (Fsp3) is 0.647. The van der Waals surface area contributed by atoms with Gasteiger partial charge in [0.1, 0.15) is 5.52 Å². The number of likely N-dealkylation sites (tertiary alicyclic amines) is 1. The number of rotatable bonds is 2. The second kappa shape index (κ2) is 6.26. The third-order valence-electron chi connectivity index (χ3n) is 5.39. The maximum Gasteiger partial charge on any atom is 0.225 e. The fourth-order valence-electron chi connectivity index (χ4n) is 4.05. The first kappa shape index (κ1) is 14.6. The van der Waals surface area contributed by atoms with Crippen LogP contribution in [0.5, 0.6) is 0 Å². The largest absolute Gasteiger partial charge is 0.342 e. The van der Waals surface area contributed by atoms with E-state index in [0.29, 0.717) is 17.5 Å². The van der Waals surface area contributed by atoms with Crippen LogP contribution in [0.1, 0.15) is 56.6 Å². The maximum absolute atomic E-state index is 12.6. The van der Waals surface area contributed by atoms with Gasteiger partial charge < -0.3 is 4.90 Å². The molecule has 0 spiro atoms. The molecule has 2 fully saturated rings. The van der Waals surface area contributed by atoms with E-state index in [4.69, 9.17) is 0 Å². The quantitative estimate of drug-likeness (QED) is 0.925. The van der Waals surface area contributed by atoms with Crippen molar-refractivity contribution in [3.63, 3.8) is 0 Å². The van der Waals surface area contributed by atoms with Gasteiger partial charge in [0.2, 0.25) is 5.91 Å². The molecule has 0 bridgehead atoms. The number of carbonyl (C=O) groups is 1. The standard InChI is InChI=1S/C17H23N5O/c23-17(13-4-2-1-3-5-13)22-10-6-12(7-11-22)14-15-16(21-20-14)19-9-8-18-15/h8-9,12-13H,1-7,10-11H2,(H,19,20,21). The molecule has 6 nitrogen and oxygen atoms in total. The zero-order valence-corrected chi connectivity index (χ0v) is 13.4. The minimum Gasteiger partial charge on any atom is -0.342 e. The second-order valence-corrected chi connectivity index (χ2v) is 6.80. The van der Waals surface area contributed by atoms with Crippen molar-refractivity contribution in [3.8, 4) is 0 Å². The highest BCUT2D eigenvalue weighted by atomic mass is 16.2. The number of aromatic nitrogens is 4. The summed E-state index contributed by atoms with van der Waals surface area (Å²) in [6.45, 7) is 1.70. The maximum atomic E-state index is 12.6. The normalized spacial score (nSPS) is 21.0. The van der Waals surface area contributed by atoms with Crippen molar-refractivity contribution >= 4 is 17.1 Å². The van der Waals surface area contributed by atoms with E-state index in [1.165, 1.54) is 19.3 Å². The summed E-state index contributed by atoms with van der Waals surface area (Å²) in [5.41, 5.74) is 2.64. The lowest BCUT2D eigenvalue weighted by atomic mass is 9.86. The summed E-state index contributed by atoms with van der Waals surface area (Å²) in [5.74, 6) is 1.06. The fourth-order valence-corrected chi connectivity index (χ4v) is 4.05. The van der Waals surface area contributed by atoms with Gasteiger partial charge in [0.15, 0.2) is 5.65 Å². The van der Waals surface area contributed by atoms with E-state index in [0.717, 1.165) is 50.0 Å². The summed E-state index contributed by atoms with van der Waals surface area (Å²) in [6, 6.07) is 0. The van der Waals surface area contributed by atoms with Crippen molar-refractivity contribution in [3.05, 3.63) is 18.1 Å². The molecule has 23 heavy (non-hydrogen) atoms. The van der Waals surface area contributed by atoms with Gasteiger partial charge in [-0.3, -0.25) is 9.89 Å². The molecule has 0 radical (unpaired) electrons. The Hall–Kier alpha value is -1.98. The van der Waals surface area contributed by atoms with Gasteiger partial charge in [-0.05, 0) is 25.7 Å². The first-order valence-corrected chi connectivity index (χ1v) is 8.76. The number of H-pyrrole nitrogens is 1. The van der Waals surface area contributed by atoms with Gasteiger partial charge in [0, 0.05) is 37.3 Å². The SMILES string of the molecule is O=C(C1CCCCC1)N1CCC(c2[nH]nc3nccnc23)CC1. The lowest BCUT2D eigenvalue weighted by molar-refractivity contribution is -0.137. The van der Waals surface area contributed by atoms with Gasteiger partial charge in [-0.15, -0.1) is 0 Å². The van der Waals surface area contributed by atoms with Crippen LogP contribution in [0.3, 0.4) is 0 Å². The van der Waals surface area contributed by atoms with E-state index in [2.05, 4.69) is 25.1 Å². The molecule has 6 heteroatoms. The molecule has 4 rings (SSSR count). The highest BCUT2D eigenvalue weighted by Gasteiger charge is 2.30. The molecule has 1 aliphatic carbocycles. The molecule has 1 saturated heterocycles. The van der Waals surface area contributed by atoms with Crippen LogP contribution in [-0.4, -0.2) is 44.1 Å². The van der Waals surface area contributed by atoms with E-state index in [1.807, 2.05) is 0 Å². The van der Waals surface area contributed by atoms with Crippen LogP contribution >= 0.6 is 0 Å². The van der Waals surface area contributed by atoms with Crippen LogP contribution in [0.4, 0.5) is 0 Å². The van der Waals surface area contributed by atoms with Gasteiger partial charge in [0.05, 0.1) is 5.69 Å². The van der Waals surface area contributed by atoms with Crippen molar-refractivity contribution in [2.45, 2.75) is 50.9 Å². The van der Waals surface area contributed by atoms with E-state index >= 15 is 0 Å². The van der Waals surface area contributed by atoms with Crippen LogP contribution in [0.25, 0.3) is 11.2 Å². The number of piperidine rings is 1.